The summed E-state index contributed by atoms with van der Waals surface area (Å²) in [6.07, 6.45) is 3.08. The minimum atomic E-state index is 0. The number of ether oxygens (including phenoxy) is 1. The molecule has 0 aliphatic carbocycles. The molecule has 0 saturated carbocycles. The lowest BCUT2D eigenvalue weighted by Gasteiger charge is -2.27. The van der Waals surface area contributed by atoms with Gasteiger partial charge in [0.1, 0.15) is 0 Å². The first-order chi connectivity index (χ1) is 8.05. The number of piperidine rings is 1. The van der Waals surface area contributed by atoms with Gasteiger partial charge in [-0.15, -0.1) is 12.4 Å². The maximum atomic E-state index is 11.9. The van der Waals surface area contributed by atoms with Crippen molar-refractivity contribution in [3.8, 4) is 0 Å². The molecule has 0 unspecified atom stereocenters. The van der Waals surface area contributed by atoms with Gasteiger partial charge in [0, 0.05) is 26.8 Å². The largest absolute Gasteiger partial charge is 0.385 e. The van der Waals surface area contributed by atoms with Gasteiger partial charge in [0.15, 0.2) is 0 Å². The van der Waals surface area contributed by atoms with Crippen LogP contribution in [0.4, 0.5) is 0 Å². The molecule has 1 aliphatic rings. The SMILES string of the molecule is COCCC(C)(C)CNC(=O)[C@@H]1CCCNC1.Cl. The summed E-state index contributed by atoms with van der Waals surface area (Å²) in [5.74, 6) is 0.352. The average Bonchev–Trinajstić information content (AvgIpc) is 2.35. The van der Waals surface area contributed by atoms with Gasteiger partial charge in [-0.25, -0.2) is 0 Å². The van der Waals surface area contributed by atoms with Crippen LogP contribution in [0.15, 0.2) is 0 Å². The number of carbonyl (C=O) groups is 1. The lowest BCUT2D eigenvalue weighted by atomic mass is 9.89. The molecule has 2 N–H and O–H groups in total. The van der Waals surface area contributed by atoms with E-state index in [0.717, 1.165) is 45.5 Å². The molecule has 1 fully saturated rings. The van der Waals surface area contributed by atoms with Gasteiger partial charge in [-0.3, -0.25) is 4.79 Å². The molecule has 1 heterocycles. The molecule has 18 heavy (non-hydrogen) atoms. The molecule has 0 aromatic carbocycles. The van der Waals surface area contributed by atoms with Gasteiger partial charge in [0.05, 0.1) is 5.92 Å². The van der Waals surface area contributed by atoms with Crippen molar-refractivity contribution in [3.05, 3.63) is 0 Å². The van der Waals surface area contributed by atoms with Crippen LogP contribution in [0, 0.1) is 11.3 Å². The average molecular weight is 279 g/mol. The topological polar surface area (TPSA) is 50.4 Å². The summed E-state index contributed by atoms with van der Waals surface area (Å²) in [5.41, 5.74) is 0.105. The Morgan fingerprint density at radius 1 is 1.50 bits per heavy atom. The van der Waals surface area contributed by atoms with Gasteiger partial charge < -0.3 is 15.4 Å². The molecule has 108 valence electrons. The molecule has 5 heteroatoms. The number of methoxy groups -OCH3 is 1. The second kappa shape index (κ2) is 8.73. The van der Waals surface area contributed by atoms with E-state index in [1.54, 1.807) is 7.11 Å². The van der Waals surface area contributed by atoms with Gasteiger partial charge in [-0.2, -0.15) is 0 Å². The Kier molecular flexibility index (Phi) is 8.57. The van der Waals surface area contributed by atoms with E-state index >= 15 is 0 Å². The molecule has 4 nitrogen and oxygen atoms in total. The normalized spacial score (nSPS) is 20.1. The Hall–Kier alpha value is -0.320. The molecule has 1 saturated heterocycles. The molecule has 1 amide bonds. The Bertz CT molecular complexity index is 241. The van der Waals surface area contributed by atoms with Crippen molar-refractivity contribution in [1.82, 2.24) is 10.6 Å². The molecule has 1 aliphatic heterocycles. The number of rotatable bonds is 6. The number of hydrogen-bond donors (Lipinski definition) is 2. The number of nitrogens with one attached hydrogen (secondary N) is 2. The number of hydrogen-bond acceptors (Lipinski definition) is 3. The first-order valence-corrected chi connectivity index (χ1v) is 6.52. The first-order valence-electron chi connectivity index (χ1n) is 6.52. The standard InChI is InChI=1S/C13H26N2O2.ClH/c1-13(2,6-8-17-3)10-15-12(16)11-5-4-7-14-9-11;/h11,14H,4-10H2,1-3H3,(H,15,16);1H/t11-;/m1./s1. The van der Waals surface area contributed by atoms with E-state index in [1.807, 2.05) is 0 Å². The number of carbonyl (C=O) groups excluding carboxylic acids is 1. The van der Waals surface area contributed by atoms with E-state index in [9.17, 15) is 4.79 Å². The molecule has 0 spiro atoms. The fourth-order valence-corrected chi connectivity index (χ4v) is 2.01. The van der Waals surface area contributed by atoms with Crippen molar-refractivity contribution < 1.29 is 9.53 Å². The van der Waals surface area contributed by atoms with Crippen LogP contribution < -0.4 is 10.6 Å². The van der Waals surface area contributed by atoms with Crippen molar-refractivity contribution >= 4 is 18.3 Å². The smallest absolute Gasteiger partial charge is 0.224 e. The van der Waals surface area contributed by atoms with Gasteiger partial charge in [-0.1, -0.05) is 13.8 Å². The zero-order valence-corrected chi connectivity index (χ0v) is 12.6. The number of halogens is 1. The highest BCUT2D eigenvalue weighted by Crippen LogP contribution is 2.19. The third-order valence-electron chi connectivity index (χ3n) is 3.39. The molecule has 0 bridgehead atoms. The summed E-state index contributed by atoms with van der Waals surface area (Å²) in [6, 6.07) is 0. The van der Waals surface area contributed by atoms with Crippen LogP contribution in [-0.2, 0) is 9.53 Å². The van der Waals surface area contributed by atoms with Crippen LogP contribution in [0.2, 0.25) is 0 Å². The Balaban J connectivity index is 0.00000289. The van der Waals surface area contributed by atoms with E-state index in [0.29, 0.717) is 0 Å². The van der Waals surface area contributed by atoms with E-state index in [4.69, 9.17) is 4.74 Å². The molecule has 1 rings (SSSR count). The second-order valence-electron chi connectivity index (χ2n) is 5.67. The number of amides is 1. The van der Waals surface area contributed by atoms with Crippen LogP contribution in [0.5, 0.6) is 0 Å². The lowest BCUT2D eigenvalue weighted by Crippen LogP contribution is -2.43. The minimum absolute atomic E-state index is 0. The summed E-state index contributed by atoms with van der Waals surface area (Å²) in [6.45, 7) is 7.66. The maximum Gasteiger partial charge on any atom is 0.224 e. The van der Waals surface area contributed by atoms with Gasteiger partial charge in [0.2, 0.25) is 5.91 Å². The van der Waals surface area contributed by atoms with Crippen LogP contribution in [0.3, 0.4) is 0 Å². The lowest BCUT2D eigenvalue weighted by molar-refractivity contribution is -0.126. The zero-order valence-electron chi connectivity index (χ0n) is 11.8. The van der Waals surface area contributed by atoms with Crippen LogP contribution in [0.1, 0.15) is 33.1 Å². The zero-order chi connectivity index (χ0) is 12.7. The Morgan fingerprint density at radius 2 is 2.22 bits per heavy atom. The predicted molar refractivity (Wildman–Crippen MR) is 76.1 cm³/mol. The van der Waals surface area contributed by atoms with Crippen molar-refractivity contribution in [3.63, 3.8) is 0 Å². The Labute approximate surface area is 117 Å². The monoisotopic (exact) mass is 278 g/mol. The van der Waals surface area contributed by atoms with Crippen molar-refractivity contribution in [1.29, 1.82) is 0 Å². The van der Waals surface area contributed by atoms with Gasteiger partial charge in [-0.05, 0) is 31.2 Å². The first kappa shape index (κ1) is 17.7. The van der Waals surface area contributed by atoms with E-state index < -0.39 is 0 Å². The fourth-order valence-electron chi connectivity index (χ4n) is 2.01. The van der Waals surface area contributed by atoms with E-state index in [-0.39, 0.29) is 29.6 Å². The second-order valence-corrected chi connectivity index (χ2v) is 5.67. The van der Waals surface area contributed by atoms with Gasteiger partial charge in [0.25, 0.3) is 0 Å². The van der Waals surface area contributed by atoms with Crippen molar-refractivity contribution in [2.75, 3.05) is 33.4 Å². The molecule has 0 radical (unpaired) electrons. The third-order valence-corrected chi connectivity index (χ3v) is 3.39. The highest BCUT2D eigenvalue weighted by molar-refractivity contribution is 5.85. The Morgan fingerprint density at radius 3 is 2.78 bits per heavy atom. The fraction of sp³-hybridized carbons (Fsp3) is 0.923. The highest BCUT2D eigenvalue weighted by atomic mass is 35.5. The third kappa shape index (κ3) is 6.57. The molecular weight excluding hydrogens is 252 g/mol. The van der Waals surface area contributed by atoms with Crippen molar-refractivity contribution in [2.45, 2.75) is 33.1 Å². The quantitative estimate of drug-likeness (QED) is 0.776. The summed E-state index contributed by atoms with van der Waals surface area (Å²) < 4.78 is 5.08. The highest BCUT2D eigenvalue weighted by Gasteiger charge is 2.23. The van der Waals surface area contributed by atoms with E-state index in [2.05, 4.69) is 24.5 Å². The van der Waals surface area contributed by atoms with Crippen LogP contribution >= 0.6 is 12.4 Å². The summed E-state index contributed by atoms with van der Waals surface area (Å²) in [7, 11) is 1.71. The summed E-state index contributed by atoms with van der Waals surface area (Å²) in [4.78, 5) is 11.9. The minimum Gasteiger partial charge on any atom is -0.385 e. The molecular formula is C13H27ClN2O2. The van der Waals surface area contributed by atoms with E-state index in [1.165, 1.54) is 0 Å². The van der Waals surface area contributed by atoms with Crippen LogP contribution in [0.25, 0.3) is 0 Å². The van der Waals surface area contributed by atoms with Crippen molar-refractivity contribution in [2.24, 2.45) is 11.3 Å². The predicted octanol–water partition coefficient (Wildman–Crippen LogP) is 1.59. The van der Waals surface area contributed by atoms with Gasteiger partial charge >= 0.3 is 0 Å². The molecule has 0 aromatic heterocycles. The van der Waals surface area contributed by atoms with Crippen LogP contribution in [-0.4, -0.2) is 39.3 Å². The summed E-state index contributed by atoms with van der Waals surface area (Å²) >= 11 is 0. The molecule has 1 atom stereocenters. The maximum absolute atomic E-state index is 11.9. The summed E-state index contributed by atoms with van der Waals surface area (Å²) in [5, 5.41) is 6.33. The molecule has 0 aromatic rings.